The summed E-state index contributed by atoms with van der Waals surface area (Å²) < 4.78 is 0. The molecule has 2 heterocycles. The van der Waals surface area contributed by atoms with Gasteiger partial charge in [-0.3, -0.25) is 14.4 Å². The summed E-state index contributed by atoms with van der Waals surface area (Å²) in [7, 11) is 0. The van der Waals surface area contributed by atoms with Crippen molar-refractivity contribution in [1.82, 2.24) is 20.5 Å². The van der Waals surface area contributed by atoms with Gasteiger partial charge in [-0.2, -0.15) is 0 Å². The average molecular weight is 571 g/mol. The summed E-state index contributed by atoms with van der Waals surface area (Å²) in [5, 5.41) is 24.3. The molecule has 0 saturated heterocycles. The number of fused-ring (bicyclic) bond motifs is 1. The van der Waals surface area contributed by atoms with Gasteiger partial charge in [0.05, 0.1) is 15.6 Å². The number of hydrogen-bond donors (Lipinski definition) is 5. The molecule has 0 fully saturated rings. The predicted octanol–water partition coefficient (Wildman–Crippen LogP) is 3.24. The van der Waals surface area contributed by atoms with Crippen molar-refractivity contribution in [1.29, 1.82) is 0 Å². The number of carbonyl (C=O) groups is 4. The minimum Gasteiger partial charge on any atom is -0.507 e. The molecule has 1 aromatic heterocycles. The highest BCUT2D eigenvalue weighted by molar-refractivity contribution is 6.40. The van der Waals surface area contributed by atoms with Gasteiger partial charge in [-0.05, 0) is 47.9 Å². The minimum absolute atomic E-state index is 0.00476. The number of carboxylic acids is 1. The predicted molar refractivity (Wildman–Crippen MR) is 145 cm³/mol. The number of H-pyrrole nitrogens is 1. The fourth-order valence-electron chi connectivity index (χ4n) is 4.14. The molecule has 10 nitrogen and oxygen atoms in total. The summed E-state index contributed by atoms with van der Waals surface area (Å²) in [5.41, 5.74) is 1.95. The van der Waals surface area contributed by atoms with Gasteiger partial charge in [0.15, 0.2) is 0 Å². The Hall–Kier alpha value is -4.28. The number of carboxylic acid groups (broad SMARTS) is 1. The number of aliphatic carboxylic acids is 1. The molecule has 202 valence electrons. The monoisotopic (exact) mass is 570 g/mol. The van der Waals surface area contributed by atoms with Gasteiger partial charge >= 0.3 is 5.97 Å². The van der Waals surface area contributed by atoms with Crippen LogP contribution in [0.15, 0.2) is 54.7 Å². The van der Waals surface area contributed by atoms with Crippen molar-refractivity contribution in [2.45, 2.75) is 19.0 Å². The van der Waals surface area contributed by atoms with Crippen molar-refractivity contribution < 1.29 is 29.4 Å². The largest absolute Gasteiger partial charge is 0.507 e. The van der Waals surface area contributed by atoms with Crippen molar-refractivity contribution in [2.24, 2.45) is 0 Å². The van der Waals surface area contributed by atoms with Crippen LogP contribution in [0.3, 0.4) is 0 Å². The standard InChI is InChI=1S/C27H24Cl2N4O6/c28-18-12-16-14-33(22(35)8-7-15-4-1-2-6-21(15)34)11-9-17(16)24(29)23(18)26(37)32-20(27(38)39)13-31-25(36)19-5-3-10-30-19/h1-8,10,12,20,30,34H,9,11,13-14H2,(H,31,36)(H,32,37)(H,38,39)/b8-7+/t20-/m0/s1. The number of hydrogen-bond acceptors (Lipinski definition) is 5. The molecule has 0 saturated carbocycles. The number of amides is 3. The SMILES string of the molecule is O=C(NC[C@H](NC(=O)c1c(Cl)cc2c(c1Cl)CCN(C(=O)/C=C/c1ccccc1O)C2)C(=O)O)c1ccc[nH]1. The summed E-state index contributed by atoms with van der Waals surface area (Å²) >= 11 is 13.0. The number of aromatic amines is 1. The Kier molecular flexibility index (Phi) is 8.58. The van der Waals surface area contributed by atoms with Gasteiger partial charge in [0.25, 0.3) is 11.8 Å². The molecular formula is C27H24Cl2N4O6. The molecule has 39 heavy (non-hydrogen) atoms. The molecule has 0 bridgehead atoms. The topological polar surface area (TPSA) is 152 Å². The van der Waals surface area contributed by atoms with E-state index in [1.54, 1.807) is 35.4 Å². The number of rotatable bonds is 8. The third-order valence-electron chi connectivity index (χ3n) is 6.20. The Morgan fingerprint density at radius 1 is 1.10 bits per heavy atom. The average Bonchev–Trinajstić information content (AvgIpc) is 3.45. The van der Waals surface area contributed by atoms with E-state index in [4.69, 9.17) is 23.2 Å². The Bertz CT molecular complexity index is 1450. The fourth-order valence-corrected chi connectivity index (χ4v) is 4.90. The van der Waals surface area contributed by atoms with Crippen LogP contribution < -0.4 is 10.6 Å². The van der Waals surface area contributed by atoms with Gasteiger partial charge in [-0.15, -0.1) is 0 Å². The van der Waals surface area contributed by atoms with Gasteiger partial charge < -0.3 is 30.7 Å². The highest BCUT2D eigenvalue weighted by Crippen LogP contribution is 2.34. The summed E-state index contributed by atoms with van der Waals surface area (Å²) in [5.74, 6) is -2.91. The normalized spacial score (nSPS) is 13.5. The number of carbonyl (C=O) groups excluding carboxylic acids is 3. The minimum atomic E-state index is -1.44. The smallest absolute Gasteiger partial charge is 0.328 e. The Morgan fingerprint density at radius 2 is 1.87 bits per heavy atom. The molecular weight excluding hydrogens is 547 g/mol. The molecule has 3 aromatic rings. The molecule has 0 spiro atoms. The summed E-state index contributed by atoms with van der Waals surface area (Å²) in [6, 6.07) is 9.87. The number of para-hydroxylation sites is 1. The van der Waals surface area contributed by atoms with E-state index < -0.39 is 23.8 Å². The van der Waals surface area contributed by atoms with Gasteiger partial charge in [0.1, 0.15) is 17.5 Å². The molecule has 2 aromatic carbocycles. The van der Waals surface area contributed by atoms with Crippen LogP contribution in [0.5, 0.6) is 5.75 Å². The number of nitrogens with zero attached hydrogens (tertiary/aromatic N) is 1. The molecule has 0 unspecified atom stereocenters. The van der Waals surface area contributed by atoms with Crippen LogP contribution in [0, 0.1) is 0 Å². The number of aromatic hydroxyl groups is 1. The van der Waals surface area contributed by atoms with Gasteiger partial charge in [-0.25, -0.2) is 4.79 Å². The van der Waals surface area contributed by atoms with E-state index >= 15 is 0 Å². The zero-order valence-electron chi connectivity index (χ0n) is 20.4. The van der Waals surface area contributed by atoms with Crippen LogP contribution in [0.2, 0.25) is 10.0 Å². The summed E-state index contributed by atoms with van der Waals surface area (Å²) in [6.07, 6.45) is 4.79. The van der Waals surface area contributed by atoms with Crippen LogP contribution in [-0.2, 0) is 22.6 Å². The number of nitrogens with one attached hydrogen (secondary N) is 3. The molecule has 1 aliphatic rings. The summed E-state index contributed by atoms with van der Waals surface area (Å²) in [4.78, 5) is 53.9. The van der Waals surface area contributed by atoms with Crippen LogP contribution in [0.1, 0.15) is 37.5 Å². The van der Waals surface area contributed by atoms with Gasteiger partial charge in [0, 0.05) is 37.5 Å². The Balaban J connectivity index is 1.45. The van der Waals surface area contributed by atoms with E-state index in [1.165, 1.54) is 30.4 Å². The van der Waals surface area contributed by atoms with E-state index in [0.717, 1.165) is 0 Å². The third kappa shape index (κ3) is 6.42. The molecule has 0 aliphatic carbocycles. The number of aromatic nitrogens is 1. The Labute approximate surface area is 233 Å². The maximum atomic E-state index is 13.0. The first kappa shape index (κ1) is 27.7. The number of halogens is 2. The molecule has 5 N–H and O–H groups in total. The number of phenolic OH excluding ortho intramolecular Hbond substituents is 1. The summed E-state index contributed by atoms with van der Waals surface area (Å²) in [6.45, 7) is 0.148. The van der Waals surface area contributed by atoms with Gasteiger partial charge in [-0.1, -0.05) is 41.4 Å². The second-order valence-corrected chi connectivity index (χ2v) is 9.53. The van der Waals surface area contributed by atoms with Crippen LogP contribution in [-0.4, -0.2) is 62.9 Å². The van der Waals surface area contributed by atoms with E-state index in [1.807, 2.05) is 0 Å². The van der Waals surface area contributed by atoms with Crippen LogP contribution in [0.25, 0.3) is 6.08 Å². The first-order valence-electron chi connectivity index (χ1n) is 11.9. The lowest BCUT2D eigenvalue weighted by Crippen LogP contribution is -2.48. The molecule has 4 rings (SSSR count). The zero-order valence-corrected chi connectivity index (χ0v) is 21.9. The maximum absolute atomic E-state index is 13.0. The molecule has 3 amide bonds. The quantitative estimate of drug-likeness (QED) is 0.262. The van der Waals surface area contributed by atoms with Crippen molar-refractivity contribution in [3.63, 3.8) is 0 Å². The molecule has 12 heteroatoms. The van der Waals surface area contributed by atoms with Gasteiger partial charge in [0.2, 0.25) is 5.91 Å². The van der Waals surface area contributed by atoms with Crippen molar-refractivity contribution in [3.05, 3.63) is 92.7 Å². The van der Waals surface area contributed by atoms with E-state index in [0.29, 0.717) is 29.7 Å². The third-order valence-corrected chi connectivity index (χ3v) is 6.91. The number of phenols is 1. The van der Waals surface area contributed by atoms with Crippen molar-refractivity contribution >= 4 is 53.0 Å². The first-order chi connectivity index (χ1) is 18.7. The lowest BCUT2D eigenvalue weighted by Gasteiger charge is -2.29. The van der Waals surface area contributed by atoms with Crippen LogP contribution in [0.4, 0.5) is 0 Å². The van der Waals surface area contributed by atoms with Crippen LogP contribution >= 0.6 is 23.2 Å². The van der Waals surface area contributed by atoms with E-state index in [9.17, 15) is 29.4 Å². The Morgan fingerprint density at radius 3 is 2.56 bits per heavy atom. The van der Waals surface area contributed by atoms with Crippen molar-refractivity contribution in [3.8, 4) is 5.75 Å². The molecule has 1 atom stereocenters. The number of benzene rings is 2. The molecule has 0 radical (unpaired) electrons. The first-order valence-corrected chi connectivity index (χ1v) is 12.6. The lowest BCUT2D eigenvalue weighted by molar-refractivity contribution is -0.139. The second-order valence-electron chi connectivity index (χ2n) is 8.75. The highest BCUT2D eigenvalue weighted by atomic mass is 35.5. The highest BCUT2D eigenvalue weighted by Gasteiger charge is 2.29. The molecule has 1 aliphatic heterocycles. The second kappa shape index (κ2) is 12.1. The maximum Gasteiger partial charge on any atom is 0.328 e. The van der Waals surface area contributed by atoms with Crippen molar-refractivity contribution in [2.75, 3.05) is 13.1 Å². The van der Waals surface area contributed by atoms with E-state index in [2.05, 4.69) is 15.6 Å². The van der Waals surface area contributed by atoms with E-state index in [-0.39, 0.29) is 46.0 Å². The zero-order chi connectivity index (χ0) is 28.1. The lowest BCUT2D eigenvalue weighted by atomic mass is 9.96. The fraction of sp³-hybridized carbons (Fsp3) is 0.185.